The normalized spacial score (nSPS) is 12.7. The second kappa shape index (κ2) is 6.29. The summed E-state index contributed by atoms with van der Waals surface area (Å²) < 4.78 is 65.7. The van der Waals surface area contributed by atoms with Crippen LogP contribution in [-0.4, -0.2) is 36.5 Å². The van der Waals surface area contributed by atoms with Crippen molar-refractivity contribution in [1.29, 1.82) is 0 Å². The molecule has 0 aliphatic rings. The summed E-state index contributed by atoms with van der Waals surface area (Å²) in [5, 5.41) is -0.513. The summed E-state index contributed by atoms with van der Waals surface area (Å²) in [6.45, 7) is 0. The Kier molecular flexibility index (Phi) is 4.41. The van der Waals surface area contributed by atoms with Gasteiger partial charge in [-0.25, -0.2) is 17.7 Å². The maximum absolute atomic E-state index is 12.9. The number of rotatable bonds is 4. The van der Waals surface area contributed by atoms with Crippen molar-refractivity contribution in [1.82, 2.24) is 14.0 Å². The Morgan fingerprint density at radius 1 is 1.08 bits per heavy atom. The van der Waals surface area contributed by atoms with Crippen LogP contribution in [0.15, 0.2) is 53.7 Å². The summed E-state index contributed by atoms with van der Waals surface area (Å²) >= 11 is 0. The fourth-order valence-corrected chi connectivity index (χ4v) is 3.10. The number of hydrogen-bond acceptors (Lipinski definition) is 4. The van der Waals surface area contributed by atoms with Gasteiger partial charge < -0.3 is 4.84 Å². The van der Waals surface area contributed by atoms with Gasteiger partial charge in [0.2, 0.25) is 0 Å². The van der Waals surface area contributed by atoms with Crippen LogP contribution in [-0.2, 0) is 16.2 Å². The highest BCUT2D eigenvalue weighted by Gasteiger charge is 2.33. The molecule has 3 rings (SSSR count). The topological polar surface area (TPSA) is 64.4 Å². The molecule has 0 amide bonds. The summed E-state index contributed by atoms with van der Waals surface area (Å²) in [4.78, 5) is 9.48. The molecule has 0 spiro atoms. The van der Waals surface area contributed by atoms with Crippen LogP contribution in [0.25, 0.3) is 11.0 Å². The van der Waals surface area contributed by atoms with Gasteiger partial charge in [0.15, 0.2) is 5.75 Å². The monoisotopic (exact) mass is 385 g/mol. The first kappa shape index (κ1) is 18.2. The minimum Gasteiger partial charge on any atom is -0.372 e. The average molecular weight is 385 g/mol. The number of halogens is 3. The van der Waals surface area contributed by atoms with Crippen molar-refractivity contribution in [2.75, 3.05) is 14.1 Å². The first-order valence-electron chi connectivity index (χ1n) is 7.36. The van der Waals surface area contributed by atoms with E-state index in [9.17, 15) is 21.6 Å². The molecule has 0 saturated carbocycles. The SMILES string of the molecule is CN(C)S(=O)(=O)c1nc2cc(C(F)(F)F)ccc2n1Oc1ccccc1. The molecular formula is C16H14F3N3O3S. The van der Waals surface area contributed by atoms with Crippen LogP contribution < -0.4 is 4.84 Å². The minimum atomic E-state index is -4.57. The van der Waals surface area contributed by atoms with E-state index in [1.54, 1.807) is 30.3 Å². The van der Waals surface area contributed by atoms with Crippen molar-refractivity contribution in [3.8, 4) is 5.75 Å². The van der Waals surface area contributed by atoms with E-state index < -0.39 is 26.9 Å². The molecule has 10 heteroatoms. The molecule has 138 valence electrons. The number of alkyl halides is 3. The highest BCUT2D eigenvalue weighted by Crippen LogP contribution is 2.32. The van der Waals surface area contributed by atoms with Crippen LogP contribution in [0.4, 0.5) is 13.2 Å². The molecule has 0 N–H and O–H groups in total. The molecule has 1 heterocycles. The number of sulfonamides is 1. The Labute approximate surface area is 147 Å². The second-order valence-electron chi connectivity index (χ2n) is 5.58. The predicted octanol–water partition coefficient (Wildman–Crippen LogP) is 3.15. The van der Waals surface area contributed by atoms with Gasteiger partial charge in [-0.05, 0) is 30.3 Å². The van der Waals surface area contributed by atoms with Gasteiger partial charge >= 0.3 is 6.18 Å². The van der Waals surface area contributed by atoms with Crippen LogP contribution in [0.2, 0.25) is 0 Å². The number of nitrogens with zero attached hydrogens (tertiary/aromatic N) is 3. The maximum atomic E-state index is 12.9. The molecule has 3 aromatic rings. The largest absolute Gasteiger partial charge is 0.416 e. The van der Waals surface area contributed by atoms with Crippen molar-refractivity contribution in [2.45, 2.75) is 11.3 Å². The molecule has 0 radical (unpaired) electrons. The third kappa shape index (κ3) is 3.25. The quantitative estimate of drug-likeness (QED) is 0.692. The summed E-state index contributed by atoms with van der Waals surface area (Å²) in [7, 11) is -1.47. The van der Waals surface area contributed by atoms with Gasteiger partial charge in [0.1, 0.15) is 5.52 Å². The second-order valence-corrected chi connectivity index (χ2v) is 7.63. The van der Waals surface area contributed by atoms with Gasteiger partial charge in [-0.3, -0.25) is 0 Å². The van der Waals surface area contributed by atoms with Gasteiger partial charge in [-0.15, -0.1) is 4.73 Å². The first-order valence-corrected chi connectivity index (χ1v) is 8.80. The Bertz CT molecular complexity index is 1050. The fourth-order valence-electron chi connectivity index (χ4n) is 2.21. The summed E-state index contributed by atoms with van der Waals surface area (Å²) in [5.41, 5.74) is -0.971. The lowest BCUT2D eigenvalue weighted by molar-refractivity contribution is -0.137. The summed E-state index contributed by atoms with van der Waals surface area (Å²) in [6.07, 6.45) is -4.57. The van der Waals surface area contributed by atoms with Crippen LogP contribution >= 0.6 is 0 Å². The number of para-hydroxylation sites is 1. The standard InChI is InChI=1S/C16H14F3N3O3S/c1-21(2)26(23,24)15-20-13-10-11(16(17,18)19)8-9-14(13)22(15)25-12-6-4-3-5-7-12/h3-10H,1-2H3. The zero-order valence-electron chi connectivity index (χ0n) is 13.7. The van der Waals surface area contributed by atoms with Crippen molar-refractivity contribution in [3.63, 3.8) is 0 Å². The van der Waals surface area contributed by atoms with E-state index in [1.807, 2.05) is 0 Å². The van der Waals surface area contributed by atoms with E-state index in [0.717, 1.165) is 27.2 Å². The number of hydrogen-bond donors (Lipinski definition) is 0. The zero-order chi connectivity index (χ0) is 19.1. The van der Waals surface area contributed by atoms with E-state index in [4.69, 9.17) is 4.84 Å². The lowest BCUT2D eigenvalue weighted by Crippen LogP contribution is -2.26. The molecule has 6 nitrogen and oxygen atoms in total. The number of imidazole rings is 1. The minimum absolute atomic E-state index is 0.0993. The molecule has 0 fully saturated rings. The Morgan fingerprint density at radius 3 is 2.31 bits per heavy atom. The fraction of sp³-hybridized carbons (Fsp3) is 0.188. The molecule has 0 aliphatic heterocycles. The predicted molar refractivity (Wildman–Crippen MR) is 88.1 cm³/mol. The molecule has 26 heavy (non-hydrogen) atoms. The van der Waals surface area contributed by atoms with Crippen LogP contribution in [0.3, 0.4) is 0 Å². The van der Waals surface area contributed by atoms with Crippen LogP contribution in [0.5, 0.6) is 5.75 Å². The van der Waals surface area contributed by atoms with Crippen molar-refractivity contribution in [3.05, 3.63) is 54.1 Å². The molecule has 2 aromatic carbocycles. The molecule has 0 unspecified atom stereocenters. The van der Waals surface area contributed by atoms with Gasteiger partial charge in [0, 0.05) is 14.1 Å². The van der Waals surface area contributed by atoms with E-state index in [-0.39, 0.29) is 11.0 Å². The van der Waals surface area contributed by atoms with Gasteiger partial charge in [-0.1, -0.05) is 18.2 Å². The van der Waals surface area contributed by atoms with E-state index in [2.05, 4.69) is 4.98 Å². The average Bonchev–Trinajstić information content (AvgIpc) is 2.93. The maximum Gasteiger partial charge on any atom is 0.416 e. The van der Waals surface area contributed by atoms with Gasteiger partial charge in [0.25, 0.3) is 15.2 Å². The molecule has 0 atom stereocenters. The Hall–Kier alpha value is -2.59. The number of benzene rings is 2. The number of aromatic nitrogens is 2. The summed E-state index contributed by atoms with van der Waals surface area (Å²) in [5.74, 6) is 0.307. The smallest absolute Gasteiger partial charge is 0.372 e. The lowest BCUT2D eigenvalue weighted by atomic mass is 10.2. The highest BCUT2D eigenvalue weighted by atomic mass is 32.2. The van der Waals surface area contributed by atoms with E-state index >= 15 is 0 Å². The van der Waals surface area contributed by atoms with E-state index in [0.29, 0.717) is 5.75 Å². The zero-order valence-corrected chi connectivity index (χ0v) is 14.5. The van der Waals surface area contributed by atoms with Crippen molar-refractivity contribution in [2.24, 2.45) is 0 Å². The molecular weight excluding hydrogens is 371 g/mol. The molecule has 0 bridgehead atoms. The molecule has 1 aromatic heterocycles. The highest BCUT2D eigenvalue weighted by molar-refractivity contribution is 7.88. The third-order valence-electron chi connectivity index (χ3n) is 3.56. The van der Waals surface area contributed by atoms with Crippen LogP contribution in [0, 0.1) is 0 Å². The first-order chi connectivity index (χ1) is 12.1. The lowest BCUT2D eigenvalue weighted by Gasteiger charge is -2.14. The third-order valence-corrected chi connectivity index (χ3v) is 5.24. The van der Waals surface area contributed by atoms with Crippen molar-refractivity contribution >= 4 is 21.1 Å². The summed E-state index contributed by atoms with van der Waals surface area (Å²) in [6, 6.07) is 11.0. The van der Waals surface area contributed by atoms with Gasteiger partial charge in [-0.2, -0.15) is 13.2 Å². The molecule has 0 saturated heterocycles. The Morgan fingerprint density at radius 2 is 1.73 bits per heavy atom. The Balaban J connectivity index is 2.25. The van der Waals surface area contributed by atoms with Crippen molar-refractivity contribution < 1.29 is 26.4 Å². The number of fused-ring (bicyclic) bond motifs is 1. The van der Waals surface area contributed by atoms with E-state index in [1.165, 1.54) is 14.1 Å². The molecule has 0 aliphatic carbocycles. The van der Waals surface area contributed by atoms with Crippen LogP contribution in [0.1, 0.15) is 5.56 Å². The van der Waals surface area contributed by atoms with Gasteiger partial charge in [0.05, 0.1) is 11.1 Å².